The molecule has 6 heteroatoms. The van der Waals surface area contributed by atoms with Crippen LogP contribution in [0.4, 0.5) is 5.69 Å². The van der Waals surface area contributed by atoms with Gasteiger partial charge in [-0.15, -0.1) is 11.8 Å². The van der Waals surface area contributed by atoms with E-state index in [2.05, 4.69) is 5.32 Å². The van der Waals surface area contributed by atoms with Gasteiger partial charge in [0.1, 0.15) is 5.75 Å². The maximum absolute atomic E-state index is 12.0. The van der Waals surface area contributed by atoms with Gasteiger partial charge in [0.2, 0.25) is 5.91 Å². The molecule has 2 aromatic rings. The molecule has 0 unspecified atom stereocenters. The molecule has 116 valence electrons. The van der Waals surface area contributed by atoms with Crippen molar-refractivity contribution in [2.45, 2.75) is 5.75 Å². The number of carbonyl (C=O) groups is 1. The normalized spacial score (nSPS) is 10.3. The zero-order valence-corrected chi connectivity index (χ0v) is 14.3. The molecule has 1 N–H and O–H groups in total. The van der Waals surface area contributed by atoms with Crippen LogP contribution in [-0.2, 0) is 10.5 Å². The van der Waals surface area contributed by atoms with E-state index in [9.17, 15) is 4.79 Å². The van der Waals surface area contributed by atoms with Crippen molar-refractivity contribution in [1.82, 2.24) is 0 Å². The van der Waals surface area contributed by atoms with Crippen LogP contribution in [0.3, 0.4) is 0 Å². The summed E-state index contributed by atoms with van der Waals surface area (Å²) in [5.74, 6) is 1.61. The van der Waals surface area contributed by atoms with Gasteiger partial charge in [-0.05, 0) is 29.8 Å². The van der Waals surface area contributed by atoms with E-state index < -0.39 is 0 Å². The summed E-state index contributed by atoms with van der Waals surface area (Å²) >= 11 is 13.3. The van der Waals surface area contributed by atoms with E-state index in [1.807, 2.05) is 24.3 Å². The molecule has 3 nitrogen and oxygen atoms in total. The number of ether oxygens (including phenoxy) is 1. The summed E-state index contributed by atoms with van der Waals surface area (Å²) in [5, 5.41) is 3.89. The third-order valence-electron chi connectivity index (χ3n) is 2.87. The Bertz CT molecular complexity index is 664. The van der Waals surface area contributed by atoms with Crippen molar-refractivity contribution in [2.75, 3.05) is 18.2 Å². The van der Waals surface area contributed by atoms with Crippen LogP contribution in [0.15, 0.2) is 42.5 Å². The summed E-state index contributed by atoms with van der Waals surface area (Å²) in [6, 6.07) is 12.8. The topological polar surface area (TPSA) is 38.3 Å². The minimum absolute atomic E-state index is 0.0745. The van der Waals surface area contributed by atoms with Crippen LogP contribution < -0.4 is 10.1 Å². The summed E-state index contributed by atoms with van der Waals surface area (Å²) in [6.45, 7) is 0. The van der Waals surface area contributed by atoms with Crippen molar-refractivity contribution < 1.29 is 9.53 Å². The number of benzene rings is 2. The predicted octanol–water partition coefficient (Wildman–Crippen LogP) is 4.87. The number of hydrogen-bond donors (Lipinski definition) is 1. The van der Waals surface area contributed by atoms with Gasteiger partial charge in [0, 0.05) is 5.75 Å². The zero-order valence-electron chi connectivity index (χ0n) is 11.9. The average Bonchev–Trinajstić information content (AvgIpc) is 2.51. The maximum Gasteiger partial charge on any atom is 0.234 e. The Labute approximate surface area is 144 Å². The molecule has 0 aliphatic heterocycles. The first-order valence-corrected chi connectivity index (χ1v) is 8.45. The standard InChI is InChI=1S/C16H15Cl2NO2S/c1-21-15-5-3-2-4-14(15)19-16(20)10-22-9-11-6-7-12(17)13(18)8-11/h2-8H,9-10H2,1H3,(H,19,20). The van der Waals surface area contributed by atoms with Gasteiger partial charge < -0.3 is 10.1 Å². The number of amides is 1. The fourth-order valence-electron chi connectivity index (χ4n) is 1.83. The Morgan fingerprint density at radius 1 is 1.18 bits per heavy atom. The number of para-hydroxylation sites is 2. The third-order valence-corrected chi connectivity index (χ3v) is 4.61. The highest BCUT2D eigenvalue weighted by Crippen LogP contribution is 2.25. The van der Waals surface area contributed by atoms with Crippen molar-refractivity contribution in [3.05, 3.63) is 58.1 Å². The van der Waals surface area contributed by atoms with Gasteiger partial charge in [-0.2, -0.15) is 0 Å². The number of nitrogens with one attached hydrogen (secondary N) is 1. The first kappa shape index (κ1) is 17.0. The molecule has 0 saturated heterocycles. The molecule has 0 bridgehead atoms. The SMILES string of the molecule is COc1ccccc1NC(=O)CSCc1ccc(Cl)c(Cl)c1. The molecule has 0 saturated carbocycles. The molecule has 0 fully saturated rings. The van der Waals surface area contributed by atoms with Gasteiger partial charge in [0.15, 0.2) is 0 Å². The zero-order chi connectivity index (χ0) is 15.9. The average molecular weight is 356 g/mol. The number of hydrogen-bond acceptors (Lipinski definition) is 3. The van der Waals surface area contributed by atoms with Gasteiger partial charge in [-0.3, -0.25) is 4.79 Å². The number of halogens is 2. The predicted molar refractivity (Wildman–Crippen MR) is 94.2 cm³/mol. The first-order chi connectivity index (χ1) is 10.6. The minimum atomic E-state index is -0.0745. The molecule has 0 spiro atoms. The van der Waals surface area contributed by atoms with Crippen LogP contribution in [-0.4, -0.2) is 18.8 Å². The van der Waals surface area contributed by atoms with Crippen molar-refractivity contribution in [3.63, 3.8) is 0 Å². The Morgan fingerprint density at radius 3 is 2.68 bits per heavy atom. The molecule has 0 heterocycles. The lowest BCUT2D eigenvalue weighted by atomic mass is 10.2. The molecule has 1 amide bonds. The monoisotopic (exact) mass is 355 g/mol. The second-order valence-electron chi connectivity index (χ2n) is 4.49. The first-order valence-electron chi connectivity index (χ1n) is 6.54. The smallest absolute Gasteiger partial charge is 0.234 e. The van der Waals surface area contributed by atoms with E-state index in [0.29, 0.717) is 33.0 Å². The summed E-state index contributed by atoms with van der Waals surface area (Å²) in [7, 11) is 1.57. The lowest BCUT2D eigenvalue weighted by Crippen LogP contribution is -2.14. The van der Waals surface area contributed by atoms with Crippen molar-refractivity contribution in [2.24, 2.45) is 0 Å². The third kappa shape index (κ3) is 4.83. The van der Waals surface area contributed by atoms with E-state index in [1.54, 1.807) is 25.3 Å². The highest BCUT2D eigenvalue weighted by molar-refractivity contribution is 7.99. The summed E-state index contributed by atoms with van der Waals surface area (Å²) in [6.07, 6.45) is 0. The van der Waals surface area contributed by atoms with E-state index in [1.165, 1.54) is 11.8 Å². The Balaban J connectivity index is 1.84. The van der Waals surface area contributed by atoms with Crippen molar-refractivity contribution in [1.29, 1.82) is 0 Å². The summed E-state index contributed by atoms with van der Waals surface area (Å²) in [4.78, 5) is 12.0. The van der Waals surface area contributed by atoms with Crippen LogP contribution in [0.5, 0.6) is 5.75 Å². The quantitative estimate of drug-likeness (QED) is 0.802. The second-order valence-corrected chi connectivity index (χ2v) is 6.29. The van der Waals surface area contributed by atoms with E-state index in [0.717, 1.165) is 5.56 Å². The second kappa shape index (κ2) is 8.32. The molecule has 0 aliphatic rings. The summed E-state index contributed by atoms with van der Waals surface area (Å²) < 4.78 is 5.20. The highest BCUT2D eigenvalue weighted by Gasteiger charge is 2.07. The van der Waals surface area contributed by atoms with Crippen molar-refractivity contribution in [3.8, 4) is 5.75 Å². The van der Waals surface area contributed by atoms with Crippen LogP contribution in [0.25, 0.3) is 0 Å². The molecular formula is C16H15Cl2NO2S. The molecule has 22 heavy (non-hydrogen) atoms. The molecule has 0 aliphatic carbocycles. The number of carbonyl (C=O) groups excluding carboxylic acids is 1. The number of thioether (sulfide) groups is 1. The fraction of sp³-hybridized carbons (Fsp3) is 0.188. The largest absolute Gasteiger partial charge is 0.495 e. The maximum atomic E-state index is 12.0. The van der Waals surface area contributed by atoms with Crippen LogP contribution in [0.2, 0.25) is 10.0 Å². The number of methoxy groups -OCH3 is 1. The Hall–Kier alpha value is -1.36. The molecule has 2 aromatic carbocycles. The van der Waals surface area contributed by atoms with Gasteiger partial charge in [0.25, 0.3) is 0 Å². The molecule has 0 atom stereocenters. The van der Waals surface area contributed by atoms with Gasteiger partial charge in [-0.25, -0.2) is 0 Å². The fourth-order valence-corrected chi connectivity index (χ4v) is 2.92. The van der Waals surface area contributed by atoms with Gasteiger partial charge >= 0.3 is 0 Å². The van der Waals surface area contributed by atoms with Gasteiger partial charge in [0.05, 0.1) is 28.6 Å². The van der Waals surface area contributed by atoms with E-state index in [4.69, 9.17) is 27.9 Å². The minimum Gasteiger partial charge on any atom is -0.495 e. The van der Waals surface area contributed by atoms with Gasteiger partial charge in [-0.1, -0.05) is 41.4 Å². The molecular weight excluding hydrogens is 341 g/mol. The van der Waals surface area contributed by atoms with Crippen LogP contribution in [0, 0.1) is 0 Å². The van der Waals surface area contributed by atoms with Crippen molar-refractivity contribution >= 4 is 46.6 Å². The lowest BCUT2D eigenvalue weighted by Gasteiger charge is -2.09. The highest BCUT2D eigenvalue weighted by atomic mass is 35.5. The van der Waals surface area contributed by atoms with E-state index in [-0.39, 0.29) is 5.91 Å². The summed E-state index contributed by atoms with van der Waals surface area (Å²) in [5.41, 5.74) is 1.70. The molecule has 0 radical (unpaired) electrons. The molecule has 2 rings (SSSR count). The number of rotatable bonds is 6. The number of anilines is 1. The Kier molecular flexibility index (Phi) is 6.43. The Morgan fingerprint density at radius 2 is 1.95 bits per heavy atom. The van der Waals surface area contributed by atoms with Crippen LogP contribution >= 0.6 is 35.0 Å². The van der Waals surface area contributed by atoms with E-state index >= 15 is 0 Å². The lowest BCUT2D eigenvalue weighted by molar-refractivity contribution is -0.113. The molecule has 0 aromatic heterocycles. The van der Waals surface area contributed by atoms with Crippen LogP contribution in [0.1, 0.15) is 5.56 Å².